The summed E-state index contributed by atoms with van der Waals surface area (Å²) in [5.74, 6) is 1.36. The molecule has 1 aromatic carbocycles. The Morgan fingerprint density at radius 3 is 2.63 bits per heavy atom. The Morgan fingerprint density at radius 2 is 1.91 bits per heavy atom. The van der Waals surface area contributed by atoms with Crippen molar-refractivity contribution >= 4 is 17.2 Å². The predicted octanol–water partition coefficient (Wildman–Crippen LogP) is 3.23. The number of piperidine rings is 1. The van der Waals surface area contributed by atoms with Gasteiger partial charge in [0.05, 0.1) is 6.54 Å². The maximum atomic E-state index is 12.8. The van der Waals surface area contributed by atoms with Gasteiger partial charge in [0, 0.05) is 31.7 Å². The molecule has 1 spiro atoms. The van der Waals surface area contributed by atoms with Gasteiger partial charge in [-0.2, -0.15) is 4.52 Å². The smallest absolute Gasteiger partial charge is 0.486 e. The van der Waals surface area contributed by atoms with Gasteiger partial charge in [0.25, 0.3) is 0 Å². The molecule has 186 valence electrons. The maximum absolute atomic E-state index is 12.8. The summed E-state index contributed by atoms with van der Waals surface area (Å²) in [6.45, 7) is 2.86. The number of aromatic nitrogens is 4. The van der Waals surface area contributed by atoms with Gasteiger partial charge in [0.1, 0.15) is 18.0 Å². The van der Waals surface area contributed by atoms with Crippen molar-refractivity contribution < 1.29 is 22.6 Å². The molecule has 6 rings (SSSR count). The monoisotopic (exact) mass is 489 g/mol. The molecule has 2 fully saturated rings. The minimum atomic E-state index is -4.79. The maximum Gasteiger partial charge on any atom is 0.573 e. The third-order valence-corrected chi connectivity index (χ3v) is 7.36. The number of rotatable bonds is 3. The molecular weight excluding hydrogens is 463 g/mol. The molecule has 12 heteroatoms. The molecule has 1 aliphatic carbocycles. The number of anilines is 2. The lowest BCUT2D eigenvalue weighted by atomic mass is 9.61. The van der Waals surface area contributed by atoms with E-state index in [0.717, 1.165) is 44.5 Å². The molecule has 0 radical (unpaired) electrons. The van der Waals surface area contributed by atoms with Crippen molar-refractivity contribution in [3.63, 3.8) is 0 Å². The molecule has 1 saturated heterocycles. The van der Waals surface area contributed by atoms with E-state index >= 15 is 0 Å². The molecule has 0 amide bonds. The van der Waals surface area contributed by atoms with E-state index in [-0.39, 0.29) is 5.75 Å². The number of benzene rings is 1. The predicted molar refractivity (Wildman–Crippen MR) is 123 cm³/mol. The topological polar surface area (TPSA) is 94.0 Å². The molecule has 0 unspecified atom stereocenters. The molecule has 1 saturated carbocycles. The standard InChI is InChI=1S/C23H26F3N7O2/c1-31-9-10-34-18-17(31)20-29-28-19(14-3-2-4-16(11-14)35-23(24,25)26)33(20)30-21(18)32-7-5-22(6-8-32)12-15(27)13-22/h2-4,11,15H,5-10,12-13,27H2,1H3. The van der Waals surface area contributed by atoms with Gasteiger partial charge < -0.3 is 25.0 Å². The quantitative estimate of drug-likeness (QED) is 0.600. The highest BCUT2D eigenvalue weighted by Crippen LogP contribution is 2.50. The number of alkyl halides is 3. The largest absolute Gasteiger partial charge is 0.573 e. The molecule has 3 aromatic rings. The lowest BCUT2D eigenvalue weighted by Gasteiger charge is -2.51. The van der Waals surface area contributed by atoms with Crippen LogP contribution in [0.15, 0.2) is 24.3 Å². The van der Waals surface area contributed by atoms with Gasteiger partial charge in [-0.1, -0.05) is 12.1 Å². The van der Waals surface area contributed by atoms with Crippen molar-refractivity contribution in [2.75, 3.05) is 43.1 Å². The van der Waals surface area contributed by atoms with Crippen molar-refractivity contribution in [1.29, 1.82) is 0 Å². The third kappa shape index (κ3) is 3.89. The number of hydrogen-bond donors (Lipinski definition) is 1. The molecule has 0 atom stereocenters. The van der Waals surface area contributed by atoms with Crippen LogP contribution in [0.25, 0.3) is 17.0 Å². The summed E-state index contributed by atoms with van der Waals surface area (Å²) in [5, 5.41) is 13.5. The number of nitrogens with zero attached hydrogens (tertiary/aromatic N) is 6. The summed E-state index contributed by atoms with van der Waals surface area (Å²) < 4.78 is 50.1. The second-order valence-corrected chi connectivity index (χ2v) is 9.76. The van der Waals surface area contributed by atoms with Gasteiger partial charge in [-0.05, 0) is 43.2 Å². The zero-order valence-corrected chi connectivity index (χ0v) is 19.3. The Bertz CT molecular complexity index is 1260. The minimum absolute atomic E-state index is 0.303. The number of likely N-dealkylation sites (N-methyl/N-ethyl adjacent to an activating group) is 1. The van der Waals surface area contributed by atoms with Gasteiger partial charge in [0.2, 0.25) is 5.65 Å². The van der Waals surface area contributed by atoms with Gasteiger partial charge in [0.15, 0.2) is 17.4 Å². The van der Waals surface area contributed by atoms with Crippen LogP contribution in [0.5, 0.6) is 11.5 Å². The molecule has 0 bridgehead atoms. The van der Waals surface area contributed by atoms with E-state index in [4.69, 9.17) is 15.6 Å². The van der Waals surface area contributed by atoms with Crippen molar-refractivity contribution in [1.82, 2.24) is 19.8 Å². The third-order valence-electron chi connectivity index (χ3n) is 7.36. The molecule has 3 aliphatic rings. The first-order chi connectivity index (χ1) is 16.7. The molecule has 2 N–H and O–H groups in total. The van der Waals surface area contributed by atoms with Crippen LogP contribution in [0.2, 0.25) is 0 Å². The lowest BCUT2D eigenvalue weighted by molar-refractivity contribution is -0.274. The lowest BCUT2D eigenvalue weighted by Crippen LogP contribution is -2.52. The van der Waals surface area contributed by atoms with Crippen molar-refractivity contribution in [2.24, 2.45) is 11.1 Å². The molecule has 35 heavy (non-hydrogen) atoms. The van der Waals surface area contributed by atoms with Crippen LogP contribution < -0.4 is 25.0 Å². The first-order valence-corrected chi connectivity index (χ1v) is 11.7. The van der Waals surface area contributed by atoms with E-state index in [0.29, 0.717) is 53.2 Å². The fraction of sp³-hybridized carbons (Fsp3) is 0.522. The fourth-order valence-electron chi connectivity index (χ4n) is 5.62. The second kappa shape index (κ2) is 7.87. The fourth-order valence-corrected chi connectivity index (χ4v) is 5.62. The highest BCUT2D eigenvalue weighted by Gasteiger charge is 2.45. The number of fused-ring (bicyclic) bond motifs is 3. The van der Waals surface area contributed by atoms with Crippen LogP contribution in [0.4, 0.5) is 24.7 Å². The van der Waals surface area contributed by atoms with Crippen LogP contribution in [0, 0.1) is 5.41 Å². The highest BCUT2D eigenvalue weighted by molar-refractivity contribution is 5.83. The molecule has 2 aliphatic heterocycles. The normalized spacial score (nSPS) is 20.0. The van der Waals surface area contributed by atoms with Crippen LogP contribution in [0.1, 0.15) is 25.7 Å². The zero-order chi connectivity index (χ0) is 24.4. The average molecular weight is 490 g/mol. The van der Waals surface area contributed by atoms with Crippen molar-refractivity contribution in [3.8, 4) is 22.9 Å². The summed E-state index contributed by atoms with van der Waals surface area (Å²) in [6, 6.07) is 5.98. The average Bonchev–Trinajstić information content (AvgIpc) is 3.21. The Hall–Kier alpha value is -3.28. The van der Waals surface area contributed by atoms with Crippen molar-refractivity contribution in [3.05, 3.63) is 24.3 Å². The minimum Gasteiger partial charge on any atom is -0.486 e. The summed E-state index contributed by atoms with van der Waals surface area (Å²) in [4.78, 5) is 4.27. The Labute approximate surface area is 199 Å². The van der Waals surface area contributed by atoms with Crippen LogP contribution in [-0.4, -0.2) is 65.5 Å². The Balaban J connectivity index is 1.42. The molecular formula is C23H26F3N7O2. The van der Waals surface area contributed by atoms with Gasteiger partial charge in [-0.15, -0.1) is 28.5 Å². The number of nitrogens with two attached hydrogens (primary N) is 1. The van der Waals surface area contributed by atoms with E-state index in [1.165, 1.54) is 18.2 Å². The zero-order valence-electron chi connectivity index (χ0n) is 19.3. The van der Waals surface area contributed by atoms with Crippen molar-refractivity contribution in [2.45, 2.75) is 38.1 Å². The van der Waals surface area contributed by atoms with E-state index < -0.39 is 6.36 Å². The van der Waals surface area contributed by atoms with E-state index in [9.17, 15) is 13.2 Å². The summed E-state index contributed by atoms with van der Waals surface area (Å²) >= 11 is 0. The number of hydrogen-bond acceptors (Lipinski definition) is 8. The van der Waals surface area contributed by atoms with Gasteiger partial charge in [-0.25, -0.2) is 0 Å². The molecule has 2 aromatic heterocycles. The van der Waals surface area contributed by atoms with Crippen LogP contribution in [-0.2, 0) is 0 Å². The first-order valence-electron chi connectivity index (χ1n) is 11.7. The molecule has 4 heterocycles. The number of halogens is 3. The van der Waals surface area contributed by atoms with E-state index in [2.05, 4.69) is 24.7 Å². The van der Waals surface area contributed by atoms with Gasteiger partial charge in [-0.3, -0.25) is 0 Å². The van der Waals surface area contributed by atoms with Crippen LogP contribution >= 0.6 is 0 Å². The van der Waals surface area contributed by atoms with E-state index in [1.54, 1.807) is 10.6 Å². The summed E-state index contributed by atoms with van der Waals surface area (Å²) in [6.07, 6.45) is -0.576. The van der Waals surface area contributed by atoms with Gasteiger partial charge >= 0.3 is 6.36 Å². The summed E-state index contributed by atoms with van der Waals surface area (Å²) in [5.41, 5.74) is 8.07. The first kappa shape index (κ1) is 22.2. The SMILES string of the molecule is CN1CCOc2c(N3CCC4(CC3)CC(N)C4)nn3c(-c4cccc(OC(F)(F)F)c4)nnc3c21. The second-order valence-electron chi connectivity index (χ2n) is 9.76. The highest BCUT2D eigenvalue weighted by atomic mass is 19.4. The summed E-state index contributed by atoms with van der Waals surface area (Å²) in [7, 11) is 1.96. The van der Waals surface area contributed by atoms with Crippen LogP contribution in [0.3, 0.4) is 0 Å². The number of ether oxygens (including phenoxy) is 2. The Morgan fingerprint density at radius 1 is 1.14 bits per heavy atom. The Kier molecular flexibility index (Phi) is 4.99. The van der Waals surface area contributed by atoms with E-state index in [1.807, 2.05) is 7.05 Å². The molecule has 9 nitrogen and oxygen atoms in total.